The van der Waals surface area contributed by atoms with E-state index in [0.717, 1.165) is 18.2 Å². The van der Waals surface area contributed by atoms with Crippen molar-refractivity contribution in [1.82, 2.24) is 19.6 Å². The lowest BCUT2D eigenvalue weighted by molar-refractivity contribution is 0.0135. The van der Waals surface area contributed by atoms with Gasteiger partial charge in [0.05, 0.1) is 43.0 Å². The molecule has 2 aliphatic heterocycles. The molecule has 2 aliphatic rings. The summed E-state index contributed by atoms with van der Waals surface area (Å²) >= 11 is 0. The Bertz CT molecular complexity index is 1490. The van der Waals surface area contributed by atoms with Gasteiger partial charge < -0.3 is 14.5 Å². The molecule has 0 fully saturated rings. The van der Waals surface area contributed by atoms with E-state index in [0.29, 0.717) is 40.0 Å². The monoisotopic (exact) mass is 581 g/mol. The highest BCUT2D eigenvalue weighted by molar-refractivity contribution is 8.09. The van der Waals surface area contributed by atoms with E-state index in [-0.39, 0.29) is 24.2 Å². The number of rotatable bonds is 5. The third kappa shape index (κ3) is 5.76. The molecule has 1 aromatic carbocycles. The second-order valence-corrected chi connectivity index (χ2v) is 15.0. The number of carbonyl (C=O) groups is 2. The van der Waals surface area contributed by atoms with Gasteiger partial charge in [-0.3, -0.25) is 9.48 Å². The maximum absolute atomic E-state index is 13.8. The van der Waals surface area contributed by atoms with Crippen molar-refractivity contribution in [3.05, 3.63) is 46.8 Å². The maximum Gasteiger partial charge on any atom is 0.410 e. The molecule has 1 aromatic heterocycles. The lowest BCUT2D eigenvalue weighted by Crippen LogP contribution is -2.46. The molecule has 4 rings (SSSR count). The van der Waals surface area contributed by atoms with Crippen LogP contribution in [0, 0.1) is 0 Å². The predicted octanol–water partition coefficient (Wildman–Crippen LogP) is 2.51. The normalized spacial score (nSPS) is 18.8. The number of hydrogen-bond acceptors (Lipinski definition) is 8. The molecule has 0 bridgehead atoms. The summed E-state index contributed by atoms with van der Waals surface area (Å²) in [4.78, 5) is 30.0. The summed E-state index contributed by atoms with van der Waals surface area (Å²) in [5.41, 5.74) is 1.76. The number of ether oxygens (including phenoxy) is 1. The van der Waals surface area contributed by atoms with Gasteiger partial charge in [-0.05, 0) is 52.3 Å². The van der Waals surface area contributed by atoms with Gasteiger partial charge in [0.15, 0.2) is 0 Å². The van der Waals surface area contributed by atoms with E-state index in [1.165, 1.54) is 12.1 Å². The van der Waals surface area contributed by atoms with Crippen molar-refractivity contribution in [3.8, 4) is 0 Å². The number of hydrogen-bond donors (Lipinski definition) is 0. The topological polar surface area (TPSA) is 139 Å². The van der Waals surface area contributed by atoms with Gasteiger partial charge in [-0.1, -0.05) is 12.1 Å². The summed E-state index contributed by atoms with van der Waals surface area (Å²) in [6.07, 6.45) is 1.69. The zero-order valence-electron chi connectivity index (χ0n) is 23.2. The quantitative estimate of drug-likeness (QED) is 0.525. The van der Waals surface area contributed by atoms with E-state index < -0.39 is 37.8 Å². The molecule has 14 heteroatoms. The summed E-state index contributed by atoms with van der Waals surface area (Å²) in [6.45, 7) is 10.1. The number of nitrogens with zero attached hydrogens (tertiary/aromatic N) is 5. The summed E-state index contributed by atoms with van der Waals surface area (Å²) in [5.74, 6) is -0.269. The Balaban J connectivity index is 1.65. The van der Waals surface area contributed by atoms with Gasteiger partial charge in [-0.2, -0.15) is 8.81 Å². The van der Waals surface area contributed by atoms with Crippen molar-refractivity contribution in [2.75, 3.05) is 22.8 Å². The second kappa shape index (κ2) is 9.81. The first-order valence-electron chi connectivity index (χ1n) is 12.6. The number of carbonyl (C=O) groups excluding carboxylic acids is 2. The molecule has 0 spiro atoms. The van der Waals surface area contributed by atoms with E-state index in [2.05, 4.69) is 5.10 Å². The van der Waals surface area contributed by atoms with Crippen molar-refractivity contribution in [1.29, 1.82) is 0 Å². The van der Waals surface area contributed by atoms with Crippen LogP contribution in [0.15, 0.2) is 24.3 Å². The summed E-state index contributed by atoms with van der Waals surface area (Å²) in [5, 5.41) is 4.67. The molecular weight excluding hydrogens is 546 g/mol. The minimum Gasteiger partial charge on any atom is -0.444 e. The van der Waals surface area contributed by atoms with Gasteiger partial charge in [0.25, 0.3) is 5.91 Å². The smallest absolute Gasteiger partial charge is 0.410 e. The van der Waals surface area contributed by atoms with E-state index in [9.17, 15) is 26.4 Å². The minimum absolute atomic E-state index is 0.0294. The van der Waals surface area contributed by atoms with Crippen molar-refractivity contribution in [2.45, 2.75) is 71.8 Å². The first kappa shape index (κ1) is 28.9. The molecular formula is C25H35N5O7S2. The van der Waals surface area contributed by atoms with E-state index in [4.69, 9.17) is 4.74 Å². The van der Waals surface area contributed by atoms with Gasteiger partial charge >= 0.3 is 6.09 Å². The van der Waals surface area contributed by atoms with Crippen LogP contribution < -0.4 is 3.71 Å². The van der Waals surface area contributed by atoms with Gasteiger partial charge in [0.2, 0.25) is 20.0 Å². The molecule has 39 heavy (non-hydrogen) atoms. The number of amides is 2. The summed E-state index contributed by atoms with van der Waals surface area (Å²) in [6, 6.07) is 5.50. The van der Waals surface area contributed by atoms with Crippen molar-refractivity contribution < 1.29 is 31.2 Å². The molecule has 3 heterocycles. The summed E-state index contributed by atoms with van der Waals surface area (Å²) < 4.78 is 56.7. The molecule has 0 radical (unpaired) electrons. The fourth-order valence-corrected chi connectivity index (χ4v) is 8.04. The van der Waals surface area contributed by atoms with E-state index in [1.54, 1.807) is 54.3 Å². The maximum atomic E-state index is 13.8. The molecule has 1 unspecified atom stereocenters. The Morgan fingerprint density at radius 2 is 1.77 bits per heavy atom. The highest BCUT2D eigenvalue weighted by atomic mass is 32.3. The highest BCUT2D eigenvalue weighted by Crippen LogP contribution is 2.33. The standard InChI is InChI=1S/C25H35N5O7S2/c1-16-13-21-20(15-28(16)24(32)37-25(3,4)5)22-23(31)27(11-12-29(22)26-21)17(2)18-9-8-10-19(14-18)30(38(6,33)34)39(7,35)36/h8-10,14,16-17H,11-13,15H2,1-7H3/t16-,17?/m1/s1. The Morgan fingerprint density at radius 3 is 2.36 bits per heavy atom. The third-order valence-corrected chi connectivity index (χ3v) is 10.0. The zero-order chi connectivity index (χ0) is 29.1. The zero-order valence-corrected chi connectivity index (χ0v) is 24.8. The Kier molecular flexibility index (Phi) is 7.26. The average molecular weight is 582 g/mol. The van der Waals surface area contributed by atoms with Crippen molar-refractivity contribution >= 4 is 37.7 Å². The van der Waals surface area contributed by atoms with Crippen LogP contribution >= 0.6 is 0 Å². The number of aromatic nitrogens is 2. The Labute approximate surface area is 229 Å². The van der Waals surface area contributed by atoms with E-state index >= 15 is 0 Å². The molecule has 2 aromatic rings. The van der Waals surface area contributed by atoms with Crippen LogP contribution in [0.3, 0.4) is 0 Å². The fourth-order valence-electron chi connectivity index (χ4n) is 5.08. The lowest BCUT2D eigenvalue weighted by Gasteiger charge is -2.36. The summed E-state index contributed by atoms with van der Waals surface area (Å²) in [7, 11) is -8.23. The van der Waals surface area contributed by atoms with Crippen LogP contribution in [0.25, 0.3) is 0 Å². The molecule has 0 N–H and O–H groups in total. The number of sulfonamides is 2. The van der Waals surface area contributed by atoms with Crippen LogP contribution in [0.5, 0.6) is 0 Å². The van der Waals surface area contributed by atoms with Crippen LogP contribution in [0.2, 0.25) is 0 Å². The molecule has 0 saturated heterocycles. The van der Waals surface area contributed by atoms with Crippen molar-refractivity contribution in [2.24, 2.45) is 0 Å². The Morgan fingerprint density at radius 1 is 1.13 bits per heavy atom. The second-order valence-electron chi connectivity index (χ2n) is 11.2. The SMILES string of the molecule is CC(c1cccc(N(S(C)(=O)=O)S(C)(=O)=O)c1)N1CCn2nc3c(c2C1=O)CN(C(=O)OC(C)(C)C)[C@H](C)C3. The fraction of sp³-hybridized carbons (Fsp3) is 0.560. The van der Waals surface area contributed by atoms with E-state index in [1.807, 2.05) is 6.92 Å². The lowest BCUT2D eigenvalue weighted by atomic mass is 9.98. The first-order valence-corrected chi connectivity index (χ1v) is 16.3. The molecule has 2 amide bonds. The third-order valence-electron chi connectivity index (χ3n) is 6.76. The van der Waals surface area contributed by atoms with Crippen LogP contribution in [0.4, 0.5) is 10.5 Å². The largest absolute Gasteiger partial charge is 0.444 e. The number of anilines is 1. The van der Waals surface area contributed by atoms with Gasteiger partial charge in [-0.25, -0.2) is 21.6 Å². The molecule has 2 atom stereocenters. The highest BCUT2D eigenvalue weighted by Gasteiger charge is 2.39. The minimum atomic E-state index is -4.11. The average Bonchev–Trinajstić information content (AvgIpc) is 3.13. The van der Waals surface area contributed by atoms with Gasteiger partial charge in [0.1, 0.15) is 11.3 Å². The number of fused-ring (bicyclic) bond motifs is 3. The van der Waals surface area contributed by atoms with Crippen LogP contribution in [-0.2, 0) is 44.3 Å². The first-order chi connectivity index (χ1) is 17.9. The molecule has 12 nitrogen and oxygen atoms in total. The molecule has 0 aliphatic carbocycles. The van der Waals surface area contributed by atoms with Crippen molar-refractivity contribution in [3.63, 3.8) is 0 Å². The van der Waals surface area contributed by atoms with Crippen LogP contribution in [-0.4, -0.2) is 79.1 Å². The molecule has 214 valence electrons. The van der Waals surface area contributed by atoms with Crippen LogP contribution in [0.1, 0.15) is 68.0 Å². The predicted molar refractivity (Wildman–Crippen MR) is 145 cm³/mol. The molecule has 0 saturated carbocycles. The number of benzene rings is 1. The van der Waals surface area contributed by atoms with Gasteiger partial charge in [0, 0.05) is 24.6 Å². The Hall–Kier alpha value is -3.13. The van der Waals surface area contributed by atoms with Gasteiger partial charge in [-0.15, -0.1) is 0 Å².